The topological polar surface area (TPSA) is 67.0 Å². The molecule has 3 aromatic rings. The van der Waals surface area contributed by atoms with E-state index in [4.69, 9.17) is 16.3 Å². The highest BCUT2D eigenvalue weighted by Gasteiger charge is 2.25. The van der Waals surface area contributed by atoms with Gasteiger partial charge in [0.25, 0.3) is 5.91 Å². The molecule has 0 saturated carbocycles. The molecule has 0 fully saturated rings. The standard InChI is InChI=1S/C20H18ClN3O2/c1-26-15-7-9-16-13(10-15)4-8-17-18(16)23-24-19(17)20(25)22-11-12-2-5-14(21)6-3-12/h2-3,5-7,9-10H,4,8,11H2,1H3,(H,22,25)(H,23,24). The van der Waals surface area contributed by atoms with Crippen LogP contribution in [0.3, 0.4) is 0 Å². The molecule has 1 heterocycles. The molecule has 132 valence electrons. The van der Waals surface area contributed by atoms with Crippen LogP contribution >= 0.6 is 11.6 Å². The van der Waals surface area contributed by atoms with E-state index in [1.807, 2.05) is 42.5 Å². The number of nitrogens with one attached hydrogen (secondary N) is 2. The summed E-state index contributed by atoms with van der Waals surface area (Å²) in [6.07, 6.45) is 1.63. The lowest BCUT2D eigenvalue weighted by molar-refractivity contribution is 0.0945. The molecule has 4 rings (SSSR count). The van der Waals surface area contributed by atoms with Gasteiger partial charge in [-0.15, -0.1) is 0 Å². The molecule has 6 heteroatoms. The quantitative estimate of drug-likeness (QED) is 0.737. The summed E-state index contributed by atoms with van der Waals surface area (Å²) in [5.41, 5.74) is 5.60. The Bertz CT molecular complexity index is 964. The molecule has 2 N–H and O–H groups in total. The SMILES string of the molecule is COc1ccc2c(c1)CCc1c-2n[nH]c1C(=O)NCc1ccc(Cl)cc1. The molecule has 1 aliphatic rings. The smallest absolute Gasteiger partial charge is 0.269 e. The summed E-state index contributed by atoms with van der Waals surface area (Å²) >= 11 is 5.89. The molecule has 0 aliphatic heterocycles. The number of fused-ring (bicyclic) bond motifs is 3. The van der Waals surface area contributed by atoms with Crippen molar-refractivity contribution in [1.29, 1.82) is 0 Å². The summed E-state index contributed by atoms with van der Waals surface area (Å²) < 4.78 is 5.29. The van der Waals surface area contributed by atoms with Crippen LogP contribution in [0.25, 0.3) is 11.3 Å². The number of aromatic amines is 1. The van der Waals surface area contributed by atoms with Gasteiger partial charge >= 0.3 is 0 Å². The molecule has 0 atom stereocenters. The van der Waals surface area contributed by atoms with Gasteiger partial charge in [0.1, 0.15) is 11.4 Å². The molecule has 0 unspecified atom stereocenters. The lowest BCUT2D eigenvalue weighted by Crippen LogP contribution is -2.24. The van der Waals surface area contributed by atoms with Gasteiger partial charge in [0.05, 0.1) is 12.8 Å². The minimum atomic E-state index is -0.148. The van der Waals surface area contributed by atoms with Crippen molar-refractivity contribution in [2.45, 2.75) is 19.4 Å². The molecular weight excluding hydrogens is 350 g/mol. The van der Waals surface area contributed by atoms with E-state index in [0.29, 0.717) is 17.3 Å². The summed E-state index contributed by atoms with van der Waals surface area (Å²) in [5.74, 6) is 0.689. The fourth-order valence-electron chi connectivity index (χ4n) is 3.29. The molecule has 0 saturated heterocycles. The number of hydrogen-bond acceptors (Lipinski definition) is 3. The molecule has 0 radical (unpaired) electrons. The van der Waals surface area contributed by atoms with Crippen LogP contribution in [0.1, 0.15) is 27.2 Å². The van der Waals surface area contributed by atoms with Gasteiger partial charge < -0.3 is 10.1 Å². The summed E-state index contributed by atoms with van der Waals surface area (Å²) in [6.45, 7) is 0.442. The predicted molar refractivity (Wildman–Crippen MR) is 101 cm³/mol. The third-order valence-corrected chi connectivity index (χ3v) is 4.92. The summed E-state index contributed by atoms with van der Waals surface area (Å²) in [5, 5.41) is 10.9. The zero-order valence-corrected chi connectivity index (χ0v) is 15.1. The first kappa shape index (κ1) is 16.7. The van der Waals surface area contributed by atoms with Crippen LogP contribution in [0, 0.1) is 0 Å². The zero-order chi connectivity index (χ0) is 18.1. The van der Waals surface area contributed by atoms with Crippen LogP contribution in [-0.4, -0.2) is 23.2 Å². The average molecular weight is 368 g/mol. The molecule has 26 heavy (non-hydrogen) atoms. The molecule has 2 aromatic carbocycles. The van der Waals surface area contributed by atoms with Crippen molar-refractivity contribution in [1.82, 2.24) is 15.5 Å². The van der Waals surface area contributed by atoms with E-state index in [9.17, 15) is 4.79 Å². The third-order valence-electron chi connectivity index (χ3n) is 4.67. The molecular formula is C20H18ClN3O2. The fraction of sp³-hybridized carbons (Fsp3) is 0.200. The van der Waals surface area contributed by atoms with E-state index in [0.717, 1.165) is 41.0 Å². The van der Waals surface area contributed by atoms with Crippen molar-refractivity contribution >= 4 is 17.5 Å². The highest BCUT2D eigenvalue weighted by Crippen LogP contribution is 2.35. The molecule has 1 aliphatic carbocycles. The average Bonchev–Trinajstić information content (AvgIpc) is 3.11. The molecule has 1 aromatic heterocycles. The Morgan fingerprint density at radius 3 is 2.81 bits per heavy atom. The summed E-state index contributed by atoms with van der Waals surface area (Å²) in [4.78, 5) is 12.6. The molecule has 5 nitrogen and oxygen atoms in total. The van der Waals surface area contributed by atoms with Gasteiger partial charge in [0.15, 0.2) is 0 Å². The van der Waals surface area contributed by atoms with Crippen LogP contribution < -0.4 is 10.1 Å². The summed E-state index contributed by atoms with van der Waals surface area (Å²) in [6, 6.07) is 13.4. The number of rotatable bonds is 4. The van der Waals surface area contributed by atoms with Crippen molar-refractivity contribution in [3.8, 4) is 17.0 Å². The van der Waals surface area contributed by atoms with Crippen molar-refractivity contribution < 1.29 is 9.53 Å². The highest BCUT2D eigenvalue weighted by atomic mass is 35.5. The van der Waals surface area contributed by atoms with Crippen molar-refractivity contribution in [2.75, 3.05) is 7.11 Å². The number of H-pyrrole nitrogens is 1. The first-order chi connectivity index (χ1) is 12.7. The number of aromatic nitrogens is 2. The number of aryl methyl sites for hydroxylation is 1. The third kappa shape index (κ3) is 3.06. The van der Waals surface area contributed by atoms with Crippen LogP contribution in [0.4, 0.5) is 0 Å². The number of methoxy groups -OCH3 is 1. The molecule has 0 bridgehead atoms. The second-order valence-electron chi connectivity index (χ2n) is 6.26. The minimum absolute atomic E-state index is 0.148. The lowest BCUT2D eigenvalue weighted by Gasteiger charge is -2.17. The Kier molecular flexibility index (Phi) is 4.39. The Balaban J connectivity index is 1.55. The Labute approximate surface area is 156 Å². The highest BCUT2D eigenvalue weighted by molar-refractivity contribution is 6.30. The van der Waals surface area contributed by atoms with Crippen molar-refractivity contribution in [3.05, 3.63) is 69.9 Å². The van der Waals surface area contributed by atoms with Gasteiger partial charge in [0.2, 0.25) is 0 Å². The van der Waals surface area contributed by atoms with Gasteiger partial charge in [-0.2, -0.15) is 5.10 Å². The summed E-state index contributed by atoms with van der Waals surface area (Å²) in [7, 11) is 1.66. The Hall–Kier alpha value is -2.79. The maximum atomic E-state index is 12.6. The number of carbonyl (C=O) groups excluding carboxylic acids is 1. The maximum Gasteiger partial charge on any atom is 0.269 e. The van der Waals surface area contributed by atoms with Crippen LogP contribution in [0.5, 0.6) is 5.75 Å². The van der Waals surface area contributed by atoms with E-state index in [-0.39, 0.29) is 5.91 Å². The van der Waals surface area contributed by atoms with Gasteiger partial charge in [-0.3, -0.25) is 9.89 Å². The first-order valence-electron chi connectivity index (χ1n) is 8.43. The van der Waals surface area contributed by atoms with Gasteiger partial charge in [-0.1, -0.05) is 23.7 Å². The second kappa shape index (κ2) is 6.84. The fourth-order valence-corrected chi connectivity index (χ4v) is 3.41. The lowest BCUT2D eigenvalue weighted by atomic mass is 9.89. The second-order valence-corrected chi connectivity index (χ2v) is 6.69. The van der Waals surface area contributed by atoms with E-state index < -0.39 is 0 Å². The monoisotopic (exact) mass is 367 g/mol. The zero-order valence-electron chi connectivity index (χ0n) is 14.3. The van der Waals surface area contributed by atoms with Gasteiger partial charge in [0, 0.05) is 22.7 Å². The first-order valence-corrected chi connectivity index (χ1v) is 8.80. The van der Waals surface area contributed by atoms with Gasteiger partial charge in [-0.05, 0) is 54.3 Å². The number of benzene rings is 2. The van der Waals surface area contributed by atoms with Gasteiger partial charge in [-0.25, -0.2) is 0 Å². The Morgan fingerprint density at radius 1 is 1.23 bits per heavy atom. The molecule has 0 spiro atoms. The maximum absolute atomic E-state index is 12.6. The number of nitrogens with zero attached hydrogens (tertiary/aromatic N) is 1. The number of carbonyl (C=O) groups is 1. The van der Waals surface area contributed by atoms with E-state index in [1.165, 1.54) is 5.56 Å². The Morgan fingerprint density at radius 2 is 2.04 bits per heavy atom. The normalized spacial score (nSPS) is 12.2. The number of amides is 1. The number of hydrogen-bond donors (Lipinski definition) is 2. The predicted octanol–water partition coefficient (Wildman–Crippen LogP) is 3.77. The van der Waals surface area contributed by atoms with E-state index in [2.05, 4.69) is 15.5 Å². The van der Waals surface area contributed by atoms with Crippen molar-refractivity contribution in [3.63, 3.8) is 0 Å². The number of halogens is 1. The van der Waals surface area contributed by atoms with Crippen LogP contribution in [-0.2, 0) is 19.4 Å². The minimum Gasteiger partial charge on any atom is -0.497 e. The van der Waals surface area contributed by atoms with Crippen molar-refractivity contribution in [2.24, 2.45) is 0 Å². The van der Waals surface area contributed by atoms with Crippen LogP contribution in [0.2, 0.25) is 5.02 Å². The van der Waals surface area contributed by atoms with E-state index >= 15 is 0 Å². The molecule has 1 amide bonds. The van der Waals surface area contributed by atoms with Crippen LogP contribution in [0.15, 0.2) is 42.5 Å². The largest absolute Gasteiger partial charge is 0.497 e. The number of ether oxygens (including phenoxy) is 1. The van der Waals surface area contributed by atoms with E-state index in [1.54, 1.807) is 7.11 Å².